The smallest absolute Gasteiger partial charge is 0.220 e. The average molecular weight is 936 g/mol. The summed E-state index contributed by atoms with van der Waals surface area (Å²) in [6.45, 7) is 1.26. The summed E-state index contributed by atoms with van der Waals surface area (Å²) in [7, 11) is 0. The normalized spacial score (nSPS) is 34.4. The number of carbonyl (C=O) groups is 1. The van der Waals surface area contributed by atoms with Gasteiger partial charge in [0.2, 0.25) is 5.91 Å². The van der Waals surface area contributed by atoms with Crippen molar-refractivity contribution in [1.82, 2.24) is 5.32 Å². The minimum atomic E-state index is -1.98. The molecule has 3 rings (SSSR count). The lowest BCUT2D eigenvalue weighted by Gasteiger charge is -2.48. The zero-order chi connectivity index (χ0) is 47.7. The standard InChI is InChI=1S/C46H81NO18/c1-3-5-6-7-8-9-10-11-12-13-14-15-16-17-18-19-20-21-22-24-30(51)29(47-34(52)23-4-2)28-60-44-40(58)37(55)42(32(26-49)62-44)65-46-41(59)38(56)43(33(27-50)63-46)64-45-39(57)36(54)35(53)31(25-48)61-45/h14-15,18-19,22,24,29-33,35-46,48-51,53-59H,3-13,16-17,20-21,23,25-28H2,1-2H3,(H,47,52)/b15-14+,19-18+,24-22+. The van der Waals surface area contributed by atoms with Crippen molar-refractivity contribution in [2.75, 3.05) is 26.4 Å². The van der Waals surface area contributed by atoms with Gasteiger partial charge in [-0.3, -0.25) is 4.79 Å². The van der Waals surface area contributed by atoms with Crippen LogP contribution in [0.4, 0.5) is 0 Å². The van der Waals surface area contributed by atoms with Crippen molar-refractivity contribution in [3.8, 4) is 0 Å². The summed E-state index contributed by atoms with van der Waals surface area (Å²) in [6, 6.07) is -0.987. The topological polar surface area (TPSA) is 307 Å². The van der Waals surface area contributed by atoms with E-state index in [-0.39, 0.29) is 18.9 Å². The first-order chi connectivity index (χ1) is 31.3. The number of nitrogens with one attached hydrogen (secondary N) is 1. The third-order valence-electron chi connectivity index (χ3n) is 11.9. The minimum Gasteiger partial charge on any atom is -0.394 e. The first kappa shape index (κ1) is 57.3. The maximum Gasteiger partial charge on any atom is 0.220 e. The molecule has 0 aromatic carbocycles. The molecule has 12 N–H and O–H groups in total. The molecule has 3 aliphatic heterocycles. The van der Waals surface area contributed by atoms with E-state index in [2.05, 4.69) is 36.5 Å². The molecule has 0 bridgehead atoms. The Morgan fingerprint density at radius 2 is 0.985 bits per heavy atom. The molecule has 19 heteroatoms. The fourth-order valence-electron chi connectivity index (χ4n) is 7.91. The Morgan fingerprint density at radius 1 is 0.538 bits per heavy atom. The van der Waals surface area contributed by atoms with Crippen molar-refractivity contribution in [2.24, 2.45) is 0 Å². The number of rotatable bonds is 31. The van der Waals surface area contributed by atoms with Crippen molar-refractivity contribution in [3.05, 3.63) is 36.5 Å². The molecule has 3 heterocycles. The fourth-order valence-corrected chi connectivity index (χ4v) is 7.91. The Kier molecular flexibility index (Phi) is 28.2. The molecule has 0 aromatic heterocycles. The summed E-state index contributed by atoms with van der Waals surface area (Å²) in [5.74, 6) is -0.346. The summed E-state index contributed by atoms with van der Waals surface area (Å²) in [5.41, 5.74) is 0. The molecule has 378 valence electrons. The van der Waals surface area contributed by atoms with E-state index < -0.39 is 124 Å². The third kappa shape index (κ3) is 18.8. The summed E-state index contributed by atoms with van der Waals surface area (Å²) >= 11 is 0. The molecule has 17 atom stereocenters. The minimum absolute atomic E-state index is 0.181. The van der Waals surface area contributed by atoms with E-state index in [4.69, 9.17) is 28.4 Å². The molecule has 65 heavy (non-hydrogen) atoms. The first-order valence-corrected chi connectivity index (χ1v) is 23.7. The van der Waals surface area contributed by atoms with Gasteiger partial charge < -0.3 is 89.9 Å². The van der Waals surface area contributed by atoms with Crippen LogP contribution in [0, 0.1) is 0 Å². The van der Waals surface area contributed by atoms with Gasteiger partial charge in [0, 0.05) is 6.42 Å². The van der Waals surface area contributed by atoms with E-state index >= 15 is 0 Å². The van der Waals surface area contributed by atoms with Crippen LogP contribution in [0.2, 0.25) is 0 Å². The Morgan fingerprint density at radius 3 is 1.51 bits per heavy atom. The Bertz CT molecular complexity index is 1350. The highest BCUT2D eigenvalue weighted by Crippen LogP contribution is 2.33. The molecule has 3 saturated heterocycles. The zero-order valence-electron chi connectivity index (χ0n) is 38.2. The SMILES string of the molecule is CCCCCCCCCCC/C=C/CC/C=C/CC/C=C/C(O)C(COC1OC(CO)C(OC2OC(CO)C(OC3OC(CO)C(O)C(O)C3O)C(O)C2O)C(O)C1O)NC(=O)CCC. The van der Waals surface area contributed by atoms with Gasteiger partial charge in [-0.1, -0.05) is 102 Å². The molecular formula is C46H81NO18. The molecule has 3 aliphatic rings. The van der Waals surface area contributed by atoms with E-state index in [1.807, 2.05) is 6.92 Å². The summed E-state index contributed by atoms with van der Waals surface area (Å²) < 4.78 is 33.7. The number of allylic oxidation sites excluding steroid dienone is 5. The molecular weight excluding hydrogens is 854 g/mol. The van der Waals surface area contributed by atoms with E-state index in [1.54, 1.807) is 12.2 Å². The van der Waals surface area contributed by atoms with Crippen molar-refractivity contribution in [2.45, 2.75) is 221 Å². The first-order valence-electron chi connectivity index (χ1n) is 23.7. The van der Waals surface area contributed by atoms with Gasteiger partial charge in [0.05, 0.1) is 38.6 Å². The summed E-state index contributed by atoms with van der Waals surface area (Å²) in [4.78, 5) is 12.6. The number of carbonyl (C=O) groups excluding carboxylic acids is 1. The lowest BCUT2D eigenvalue weighted by atomic mass is 9.96. The number of hydrogen-bond acceptors (Lipinski definition) is 18. The Labute approximate surface area is 383 Å². The van der Waals surface area contributed by atoms with Gasteiger partial charge in [-0.2, -0.15) is 0 Å². The van der Waals surface area contributed by atoms with Gasteiger partial charge >= 0.3 is 0 Å². The number of hydrogen-bond donors (Lipinski definition) is 12. The molecule has 1 amide bonds. The molecule has 0 aliphatic carbocycles. The van der Waals surface area contributed by atoms with Crippen LogP contribution in [-0.4, -0.2) is 193 Å². The molecule has 3 fully saturated rings. The van der Waals surface area contributed by atoms with Gasteiger partial charge in [-0.25, -0.2) is 0 Å². The zero-order valence-corrected chi connectivity index (χ0v) is 38.2. The van der Waals surface area contributed by atoms with Gasteiger partial charge in [-0.15, -0.1) is 0 Å². The van der Waals surface area contributed by atoms with Crippen molar-refractivity contribution < 1.29 is 89.4 Å². The lowest BCUT2D eigenvalue weighted by Crippen LogP contribution is -2.66. The van der Waals surface area contributed by atoms with Gasteiger partial charge in [0.15, 0.2) is 18.9 Å². The van der Waals surface area contributed by atoms with E-state index in [0.717, 1.165) is 25.7 Å². The van der Waals surface area contributed by atoms with E-state index in [0.29, 0.717) is 12.8 Å². The molecule has 17 unspecified atom stereocenters. The van der Waals surface area contributed by atoms with Crippen LogP contribution < -0.4 is 5.32 Å². The van der Waals surface area contributed by atoms with Crippen LogP contribution in [0.15, 0.2) is 36.5 Å². The molecule has 0 aromatic rings. The number of ether oxygens (including phenoxy) is 6. The van der Waals surface area contributed by atoms with Crippen LogP contribution in [0.25, 0.3) is 0 Å². The van der Waals surface area contributed by atoms with Gasteiger partial charge in [0.25, 0.3) is 0 Å². The Balaban J connectivity index is 1.48. The number of amides is 1. The predicted molar refractivity (Wildman–Crippen MR) is 236 cm³/mol. The quantitative estimate of drug-likeness (QED) is 0.0328. The molecule has 0 spiro atoms. The fraction of sp³-hybridized carbons (Fsp3) is 0.848. The van der Waals surface area contributed by atoms with Gasteiger partial charge in [-0.05, 0) is 44.9 Å². The highest BCUT2D eigenvalue weighted by molar-refractivity contribution is 5.76. The summed E-state index contributed by atoms with van der Waals surface area (Å²) in [5, 5.41) is 118. The maximum atomic E-state index is 12.6. The van der Waals surface area contributed by atoms with Crippen LogP contribution in [0.1, 0.15) is 117 Å². The van der Waals surface area contributed by atoms with Crippen molar-refractivity contribution >= 4 is 5.91 Å². The van der Waals surface area contributed by atoms with Crippen molar-refractivity contribution in [3.63, 3.8) is 0 Å². The largest absolute Gasteiger partial charge is 0.394 e. The molecule has 19 nitrogen and oxygen atoms in total. The highest BCUT2D eigenvalue weighted by Gasteiger charge is 2.53. The third-order valence-corrected chi connectivity index (χ3v) is 11.9. The highest BCUT2D eigenvalue weighted by atomic mass is 16.8. The van der Waals surface area contributed by atoms with Crippen LogP contribution in [0.3, 0.4) is 0 Å². The monoisotopic (exact) mass is 936 g/mol. The number of aliphatic hydroxyl groups excluding tert-OH is 11. The number of unbranched alkanes of at least 4 members (excludes halogenated alkanes) is 11. The van der Waals surface area contributed by atoms with Crippen molar-refractivity contribution in [1.29, 1.82) is 0 Å². The molecule has 0 saturated carbocycles. The second kappa shape index (κ2) is 31.9. The van der Waals surface area contributed by atoms with E-state index in [1.165, 1.54) is 57.8 Å². The summed E-state index contributed by atoms with van der Waals surface area (Å²) in [6.07, 6.45) is 2.25. The van der Waals surface area contributed by atoms with Crippen LogP contribution in [0.5, 0.6) is 0 Å². The van der Waals surface area contributed by atoms with E-state index in [9.17, 15) is 61.0 Å². The number of aliphatic hydroxyl groups is 11. The molecule has 0 radical (unpaired) electrons. The van der Waals surface area contributed by atoms with Crippen LogP contribution >= 0.6 is 0 Å². The second-order valence-electron chi connectivity index (χ2n) is 17.2. The maximum absolute atomic E-state index is 12.6. The Hall–Kier alpha value is -1.99. The average Bonchev–Trinajstić information content (AvgIpc) is 3.30. The predicted octanol–water partition coefficient (Wildman–Crippen LogP) is 0.247. The van der Waals surface area contributed by atoms with Gasteiger partial charge in [0.1, 0.15) is 73.2 Å². The van der Waals surface area contributed by atoms with Crippen LogP contribution in [-0.2, 0) is 33.2 Å². The second-order valence-corrected chi connectivity index (χ2v) is 17.2. The lowest BCUT2D eigenvalue weighted by molar-refractivity contribution is -0.379.